The first-order chi connectivity index (χ1) is 6.24. The van der Waals surface area contributed by atoms with Crippen LogP contribution in [0.4, 0.5) is 0 Å². The smallest absolute Gasteiger partial charge is 0.0487 e. The second kappa shape index (κ2) is 3.58. The van der Waals surface area contributed by atoms with E-state index in [1.165, 1.54) is 45.2 Å². The van der Waals surface area contributed by atoms with Gasteiger partial charge in [-0.1, -0.05) is 6.42 Å². The van der Waals surface area contributed by atoms with Crippen LogP contribution in [0.1, 0.15) is 32.1 Å². The van der Waals surface area contributed by atoms with Crippen molar-refractivity contribution in [3.05, 3.63) is 0 Å². The average molecular weight is 183 g/mol. The van der Waals surface area contributed by atoms with E-state index in [1.807, 2.05) is 0 Å². The Balaban J connectivity index is 1.83. The highest BCUT2D eigenvalue weighted by molar-refractivity contribution is 4.90. The normalized spacial score (nSPS) is 33.2. The lowest BCUT2D eigenvalue weighted by Gasteiger charge is -2.42. The van der Waals surface area contributed by atoms with Gasteiger partial charge in [0.15, 0.2) is 0 Å². The van der Waals surface area contributed by atoms with Gasteiger partial charge in [0.05, 0.1) is 0 Å². The zero-order valence-electron chi connectivity index (χ0n) is 8.63. The Morgan fingerprint density at radius 1 is 1.46 bits per heavy atom. The number of hydrogen-bond acceptors (Lipinski definition) is 2. The van der Waals surface area contributed by atoms with Gasteiger partial charge in [0.2, 0.25) is 0 Å². The lowest BCUT2D eigenvalue weighted by molar-refractivity contribution is 0.0214. The molecule has 1 aliphatic heterocycles. The van der Waals surface area contributed by atoms with Crippen molar-refractivity contribution in [2.45, 2.75) is 32.1 Å². The molecule has 0 spiro atoms. The number of rotatable bonds is 3. The predicted octanol–water partition coefficient (Wildman–Crippen LogP) is 1.49. The molecule has 0 aromatic carbocycles. The van der Waals surface area contributed by atoms with Crippen molar-refractivity contribution in [3.63, 3.8) is 0 Å². The van der Waals surface area contributed by atoms with Gasteiger partial charge in [-0.15, -0.1) is 0 Å². The third-order valence-corrected chi connectivity index (χ3v) is 3.96. The molecule has 13 heavy (non-hydrogen) atoms. The highest BCUT2D eigenvalue weighted by Crippen LogP contribution is 2.46. The molecule has 2 heteroatoms. The van der Waals surface area contributed by atoms with E-state index in [4.69, 9.17) is 0 Å². The van der Waals surface area contributed by atoms with Gasteiger partial charge in [0, 0.05) is 13.2 Å². The molecule has 2 rings (SSSR count). The summed E-state index contributed by atoms with van der Waals surface area (Å²) >= 11 is 0. The van der Waals surface area contributed by atoms with E-state index in [0.717, 1.165) is 5.92 Å². The molecule has 0 radical (unpaired) electrons. The summed E-state index contributed by atoms with van der Waals surface area (Å²) in [5.74, 6) is 0.859. The summed E-state index contributed by atoms with van der Waals surface area (Å²) in [6.07, 6.45) is 6.49. The van der Waals surface area contributed by atoms with Crippen LogP contribution in [-0.2, 0) is 0 Å². The highest BCUT2D eigenvalue weighted by Gasteiger charge is 2.39. The molecule has 1 atom stereocenters. The Morgan fingerprint density at radius 2 is 2.23 bits per heavy atom. The van der Waals surface area contributed by atoms with Crippen LogP contribution in [-0.4, -0.2) is 36.8 Å². The minimum atomic E-state index is 0.343. The van der Waals surface area contributed by atoms with Gasteiger partial charge in [-0.2, -0.15) is 0 Å². The standard InChI is InChI=1S/C11H21NO/c1-12-6-3-10(8-12)7-11(9-13)4-2-5-11/h10,13H,2-9H2,1H3. The van der Waals surface area contributed by atoms with E-state index in [1.54, 1.807) is 0 Å². The fourth-order valence-corrected chi connectivity index (χ4v) is 2.91. The molecule has 0 aromatic rings. The third-order valence-electron chi connectivity index (χ3n) is 3.96. The van der Waals surface area contributed by atoms with Crippen molar-refractivity contribution in [2.75, 3.05) is 26.7 Å². The first-order valence-corrected chi connectivity index (χ1v) is 5.53. The van der Waals surface area contributed by atoms with Crippen LogP contribution in [0.25, 0.3) is 0 Å². The quantitative estimate of drug-likeness (QED) is 0.716. The van der Waals surface area contributed by atoms with Gasteiger partial charge in [-0.05, 0) is 50.6 Å². The summed E-state index contributed by atoms with van der Waals surface area (Å²) in [7, 11) is 2.20. The van der Waals surface area contributed by atoms with Crippen molar-refractivity contribution < 1.29 is 5.11 Å². The molecular weight excluding hydrogens is 162 g/mol. The van der Waals surface area contributed by atoms with Gasteiger partial charge in [0.25, 0.3) is 0 Å². The molecule has 0 aromatic heterocycles. The first-order valence-electron chi connectivity index (χ1n) is 5.53. The molecule has 1 aliphatic carbocycles. The summed E-state index contributed by atoms with van der Waals surface area (Å²) in [6, 6.07) is 0. The number of aliphatic hydroxyl groups excluding tert-OH is 1. The van der Waals surface area contributed by atoms with Crippen LogP contribution in [0.2, 0.25) is 0 Å². The molecular formula is C11H21NO. The molecule has 1 saturated carbocycles. The molecule has 2 nitrogen and oxygen atoms in total. The highest BCUT2D eigenvalue weighted by atomic mass is 16.3. The van der Waals surface area contributed by atoms with Crippen LogP contribution in [0.15, 0.2) is 0 Å². The van der Waals surface area contributed by atoms with E-state index >= 15 is 0 Å². The van der Waals surface area contributed by atoms with E-state index < -0.39 is 0 Å². The van der Waals surface area contributed by atoms with Gasteiger partial charge < -0.3 is 10.0 Å². The minimum absolute atomic E-state index is 0.343. The maximum absolute atomic E-state index is 9.35. The SMILES string of the molecule is CN1CCC(CC2(CO)CCC2)C1. The van der Waals surface area contributed by atoms with E-state index in [0.29, 0.717) is 12.0 Å². The molecule has 1 heterocycles. The topological polar surface area (TPSA) is 23.5 Å². The maximum Gasteiger partial charge on any atom is 0.0487 e. The molecule has 76 valence electrons. The van der Waals surface area contributed by atoms with Gasteiger partial charge >= 0.3 is 0 Å². The van der Waals surface area contributed by atoms with Crippen LogP contribution >= 0.6 is 0 Å². The Morgan fingerprint density at radius 3 is 2.62 bits per heavy atom. The Kier molecular flexibility index (Phi) is 2.61. The van der Waals surface area contributed by atoms with Crippen molar-refractivity contribution in [2.24, 2.45) is 11.3 Å². The molecule has 0 bridgehead atoms. The average Bonchev–Trinajstić information content (AvgIpc) is 2.44. The largest absolute Gasteiger partial charge is 0.396 e. The van der Waals surface area contributed by atoms with E-state index in [-0.39, 0.29) is 0 Å². The molecule has 0 amide bonds. The van der Waals surface area contributed by atoms with Gasteiger partial charge in [0.1, 0.15) is 0 Å². The molecule has 2 fully saturated rings. The van der Waals surface area contributed by atoms with Crippen molar-refractivity contribution in [1.82, 2.24) is 4.90 Å². The fourth-order valence-electron chi connectivity index (χ4n) is 2.91. The molecule has 1 N–H and O–H groups in total. The van der Waals surface area contributed by atoms with Crippen LogP contribution < -0.4 is 0 Å². The fraction of sp³-hybridized carbons (Fsp3) is 1.00. The minimum Gasteiger partial charge on any atom is -0.396 e. The number of nitrogens with zero attached hydrogens (tertiary/aromatic N) is 1. The molecule has 1 saturated heterocycles. The summed E-state index contributed by atoms with van der Waals surface area (Å²) in [5.41, 5.74) is 0.343. The Bertz CT molecular complexity index is 171. The molecule has 1 unspecified atom stereocenters. The lowest BCUT2D eigenvalue weighted by Crippen LogP contribution is -2.35. The van der Waals surface area contributed by atoms with Crippen LogP contribution in [0.5, 0.6) is 0 Å². The second-order valence-corrected chi connectivity index (χ2v) is 5.13. The summed E-state index contributed by atoms with van der Waals surface area (Å²) < 4.78 is 0. The van der Waals surface area contributed by atoms with Gasteiger partial charge in [-0.25, -0.2) is 0 Å². The zero-order chi connectivity index (χ0) is 9.31. The summed E-state index contributed by atoms with van der Waals surface area (Å²) in [6.45, 7) is 2.93. The maximum atomic E-state index is 9.35. The van der Waals surface area contributed by atoms with Gasteiger partial charge in [-0.3, -0.25) is 0 Å². The monoisotopic (exact) mass is 183 g/mol. The third kappa shape index (κ3) is 1.89. The van der Waals surface area contributed by atoms with Crippen molar-refractivity contribution in [1.29, 1.82) is 0 Å². The Hall–Kier alpha value is -0.0800. The van der Waals surface area contributed by atoms with Crippen LogP contribution in [0, 0.1) is 11.3 Å². The predicted molar refractivity (Wildman–Crippen MR) is 53.6 cm³/mol. The summed E-state index contributed by atoms with van der Waals surface area (Å²) in [4.78, 5) is 2.41. The number of likely N-dealkylation sites (tertiary alicyclic amines) is 1. The van der Waals surface area contributed by atoms with Crippen molar-refractivity contribution in [3.8, 4) is 0 Å². The Labute approximate surface area is 80.9 Å². The van der Waals surface area contributed by atoms with E-state index in [2.05, 4.69) is 11.9 Å². The summed E-state index contributed by atoms with van der Waals surface area (Å²) in [5, 5.41) is 9.35. The molecule has 2 aliphatic rings. The number of hydrogen-bond donors (Lipinski definition) is 1. The second-order valence-electron chi connectivity index (χ2n) is 5.13. The van der Waals surface area contributed by atoms with E-state index in [9.17, 15) is 5.11 Å². The zero-order valence-corrected chi connectivity index (χ0v) is 8.63. The van der Waals surface area contributed by atoms with Crippen LogP contribution in [0.3, 0.4) is 0 Å². The first kappa shape index (κ1) is 9.47. The van der Waals surface area contributed by atoms with Crippen molar-refractivity contribution >= 4 is 0 Å². The number of aliphatic hydroxyl groups is 1. The lowest BCUT2D eigenvalue weighted by atomic mass is 9.64.